The van der Waals surface area contributed by atoms with Crippen LogP contribution < -0.4 is 0 Å². The highest BCUT2D eigenvalue weighted by Gasteiger charge is 2.27. The molecule has 0 spiro atoms. The minimum absolute atomic E-state index is 0.0333. The van der Waals surface area contributed by atoms with Crippen molar-refractivity contribution in [2.24, 2.45) is 0 Å². The smallest absolute Gasteiger partial charge is 0.267 e. The van der Waals surface area contributed by atoms with Crippen LogP contribution in [0, 0.1) is 6.92 Å². The first kappa shape index (κ1) is 15.6. The number of likely N-dealkylation sites (N-methyl/N-ethyl adjacent to an activating group) is 1. The van der Waals surface area contributed by atoms with Crippen LogP contribution >= 0.6 is 22.9 Å². The molecule has 0 N–H and O–H groups in total. The molecule has 1 aliphatic carbocycles. The van der Waals surface area contributed by atoms with Crippen LogP contribution in [0.15, 0.2) is 0 Å². The molecule has 22 heavy (non-hydrogen) atoms. The van der Waals surface area contributed by atoms with E-state index in [1.807, 2.05) is 18.9 Å². The van der Waals surface area contributed by atoms with Gasteiger partial charge in [0, 0.05) is 24.4 Å². The highest BCUT2D eigenvalue weighted by Crippen LogP contribution is 2.35. The zero-order chi connectivity index (χ0) is 15.7. The van der Waals surface area contributed by atoms with Crippen molar-refractivity contribution in [2.75, 3.05) is 13.6 Å². The molecule has 2 aromatic rings. The fraction of sp³-hybridized carbons (Fsp3) is 0.600. The molecule has 5 nitrogen and oxygen atoms in total. The summed E-state index contributed by atoms with van der Waals surface area (Å²) in [6.45, 7) is 4.78. The van der Waals surface area contributed by atoms with E-state index in [2.05, 4.69) is 16.5 Å². The number of aryl methyl sites for hydroxylation is 3. The van der Waals surface area contributed by atoms with Crippen molar-refractivity contribution in [3.05, 3.63) is 26.1 Å². The van der Waals surface area contributed by atoms with Gasteiger partial charge in [0.25, 0.3) is 5.91 Å². The molecule has 118 valence electrons. The molecule has 2 heterocycles. The third-order valence-electron chi connectivity index (χ3n) is 4.10. The lowest BCUT2D eigenvalue weighted by molar-refractivity contribution is 0.0786. The van der Waals surface area contributed by atoms with Crippen LogP contribution in [0.3, 0.4) is 0 Å². The first-order chi connectivity index (χ1) is 10.6. The molecule has 0 saturated heterocycles. The number of nitrogens with zero attached hydrogens (tertiary/aromatic N) is 4. The van der Waals surface area contributed by atoms with E-state index in [4.69, 9.17) is 4.98 Å². The van der Waals surface area contributed by atoms with Crippen molar-refractivity contribution in [2.45, 2.75) is 45.4 Å². The average Bonchev–Trinajstić information content (AvgIpc) is 3.11. The molecule has 2 aromatic heterocycles. The summed E-state index contributed by atoms with van der Waals surface area (Å²) in [5.41, 5.74) is 2.02. The predicted octanol–water partition coefficient (Wildman–Crippen LogP) is 3.06. The van der Waals surface area contributed by atoms with Crippen LogP contribution in [-0.4, -0.2) is 39.0 Å². The monoisotopic (exact) mass is 336 g/mol. The Bertz CT molecular complexity index is 679. The van der Waals surface area contributed by atoms with E-state index in [1.54, 1.807) is 11.3 Å². The number of hydrogen-bond acceptors (Lipinski definition) is 6. The Balaban J connectivity index is 1.75. The fourth-order valence-corrected chi connectivity index (χ4v) is 4.81. The largest absolute Gasteiger partial charge is 0.340 e. The molecule has 0 aliphatic heterocycles. The van der Waals surface area contributed by atoms with Crippen molar-refractivity contribution in [1.29, 1.82) is 0 Å². The highest BCUT2D eigenvalue weighted by molar-refractivity contribution is 7.11. The molecule has 0 bridgehead atoms. The van der Waals surface area contributed by atoms with E-state index >= 15 is 0 Å². The Kier molecular flexibility index (Phi) is 4.54. The molecule has 0 radical (unpaired) electrons. The summed E-state index contributed by atoms with van der Waals surface area (Å²) in [6, 6.07) is 0. The maximum Gasteiger partial charge on any atom is 0.267 e. The molecule has 1 amide bonds. The van der Waals surface area contributed by atoms with Gasteiger partial charge < -0.3 is 4.90 Å². The van der Waals surface area contributed by atoms with Crippen molar-refractivity contribution in [3.8, 4) is 0 Å². The second-order valence-corrected chi connectivity index (χ2v) is 7.76. The number of aromatic nitrogens is 3. The lowest BCUT2D eigenvalue weighted by atomic mass is 9.90. The van der Waals surface area contributed by atoms with Crippen molar-refractivity contribution >= 4 is 28.8 Å². The molecule has 0 saturated carbocycles. The summed E-state index contributed by atoms with van der Waals surface area (Å²) < 4.78 is 3.92. The van der Waals surface area contributed by atoms with Crippen LogP contribution in [0.2, 0.25) is 0 Å². The molecule has 3 rings (SSSR count). The van der Waals surface area contributed by atoms with E-state index in [0.29, 0.717) is 10.8 Å². The molecular formula is C15H20N4OS2. The van der Waals surface area contributed by atoms with Gasteiger partial charge in [-0.05, 0) is 44.1 Å². The summed E-state index contributed by atoms with van der Waals surface area (Å²) in [5, 5.41) is 5.16. The van der Waals surface area contributed by atoms with Gasteiger partial charge in [0.2, 0.25) is 0 Å². The Labute approximate surface area is 138 Å². The molecule has 1 aliphatic rings. The van der Waals surface area contributed by atoms with Gasteiger partial charge in [0.05, 0.1) is 16.4 Å². The van der Waals surface area contributed by atoms with Crippen LogP contribution in [0.25, 0.3) is 0 Å². The standard InChI is InChI=1S/C15H20N4OS2/c1-4-11-14(22-18-17-11)15(20)19(3)8-10-6-5-7-12-13(10)16-9(2)21-12/h10H,4-8H2,1-3H3/t10-/m1/s1. The zero-order valence-electron chi connectivity index (χ0n) is 13.1. The SMILES string of the molecule is CCc1nnsc1C(=O)N(C)C[C@H]1CCCc2sc(C)nc21. The Hall–Kier alpha value is -1.34. The van der Waals surface area contributed by atoms with Gasteiger partial charge in [-0.15, -0.1) is 16.4 Å². The second kappa shape index (κ2) is 6.42. The summed E-state index contributed by atoms with van der Waals surface area (Å²) in [6.07, 6.45) is 4.16. The van der Waals surface area contributed by atoms with Gasteiger partial charge in [-0.25, -0.2) is 4.98 Å². The van der Waals surface area contributed by atoms with E-state index in [9.17, 15) is 4.79 Å². The van der Waals surface area contributed by atoms with E-state index in [0.717, 1.165) is 36.5 Å². The number of hydrogen-bond donors (Lipinski definition) is 0. The maximum absolute atomic E-state index is 12.6. The third-order valence-corrected chi connectivity index (χ3v) is 5.91. The van der Waals surface area contributed by atoms with E-state index in [-0.39, 0.29) is 5.91 Å². The number of fused-ring (bicyclic) bond motifs is 1. The minimum Gasteiger partial charge on any atom is -0.340 e. The maximum atomic E-state index is 12.6. The third kappa shape index (κ3) is 2.92. The first-order valence-corrected chi connectivity index (χ1v) is 9.22. The number of rotatable bonds is 4. The molecule has 7 heteroatoms. The summed E-state index contributed by atoms with van der Waals surface area (Å²) in [5.74, 6) is 0.388. The Morgan fingerprint density at radius 1 is 1.45 bits per heavy atom. The van der Waals surface area contributed by atoms with Gasteiger partial charge in [0.15, 0.2) is 0 Å². The molecule has 0 unspecified atom stereocenters. The van der Waals surface area contributed by atoms with Crippen LogP contribution in [0.4, 0.5) is 0 Å². The summed E-state index contributed by atoms with van der Waals surface area (Å²) in [4.78, 5) is 21.2. The summed E-state index contributed by atoms with van der Waals surface area (Å²) >= 11 is 3.00. The molecule has 1 atom stereocenters. The lowest BCUT2D eigenvalue weighted by Crippen LogP contribution is -2.32. The van der Waals surface area contributed by atoms with Crippen molar-refractivity contribution < 1.29 is 4.79 Å². The predicted molar refractivity (Wildman–Crippen MR) is 88.8 cm³/mol. The van der Waals surface area contributed by atoms with Gasteiger partial charge >= 0.3 is 0 Å². The quantitative estimate of drug-likeness (QED) is 0.861. The number of thiazole rings is 1. The zero-order valence-corrected chi connectivity index (χ0v) is 14.8. The normalized spacial score (nSPS) is 17.3. The number of amides is 1. The average molecular weight is 336 g/mol. The van der Waals surface area contributed by atoms with Crippen LogP contribution in [0.5, 0.6) is 0 Å². The van der Waals surface area contributed by atoms with Crippen LogP contribution in [0.1, 0.15) is 56.6 Å². The first-order valence-electron chi connectivity index (χ1n) is 7.63. The number of carbonyl (C=O) groups excluding carboxylic acids is 1. The van der Waals surface area contributed by atoms with Gasteiger partial charge in [-0.2, -0.15) is 0 Å². The van der Waals surface area contributed by atoms with Crippen molar-refractivity contribution in [1.82, 2.24) is 19.5 Å². The van der Waals surface area contributed by atoms with Gasteiger partial charge in [-0.3, -0.25) is 4.79 Å². The fourth-order valence-electron chi connectivity index (χ4n) is 3.00. The van der Waals surface area contributed by atoms with Gasteiger partial charge in [0.1, 0.15) is 4.88 Å². The van der Waals surface area contributed by atoms with Crippen LogP contribution in [-0.2, 0) is 12.8 Å². The van der Waals surface area contributed by atoms with E-state index < -0.39 is 0 Å². The Morgan fingerprint density at radius 3 is 3.05 bits per heavy atom. The van der Waals surface area contributed by atoms with E-state index in [1.165, 1.54) is 28.5 Å². The molecule has 0 aromatic carbocycles. The number of carbonyl (C=O) groups is 1. The van der Waals surface area contributed by atoms with Crippen molar-refractivity contribution in [3.63, 3.8) is 0 Å². The second-order valence-electron chi connectivity index (χ2n) is 5.72. The molecular weight excluding hydrogens is 316 g/mol. The molecule has 0 fully saturated rings. The summed E-state index contributed by atoms with van der Waals surface area (Å²) in [7, 11) is 1.87. The lowest BCUT2D eigenvalue weighted by Gasteiger charge is -2.26. The van der Waals surface area contributed by atoms with Gasteiger partial charge in [-0.1, -0.05) is 11.4 Å². The minimum atomic E-state index is 0.0333. The Morgan fingerprint density at radius 2 is 2.27 bits per heavy atom. The topological polar surface area (TPSA) is 59.0 Å². The highest BCUT2D eigenvalue weighted by atomic mass is 32.1.